The number of hydrogen-bond donors (Lipinski definition) is 1. The average Bonchev–Trinajstić information content (AvgIpc) is 2.86. The third-order valence-corrected chi connectivity index (χ3v) is 3.41. The predicted molar refractivity (Wildman–Crippen MR) is 77.2 cm³/mol. The minimum atomic E-state index is -4.55. The van der Waals surface area contributed by atoms with E-state index in [0.717, 1.165) is 12.1 Å². The van der Waals surface area contributed by atoms with Gasteiger partial charge in [0, 0.05) is 6.42 Å². The minimum Gasteiger partial charge on any atom is -0.480 e. The number of ether oxygens (including phenoxy) is 1. The lowest BCUT2D eigenvalue weighted by molar-refractivity contribution is -0.137. The maximum atomic E-state index is 13.9. The molecule has 0 radical (unpaired) electrons. The van der Waals surface area contributed by atoms with E-state index in [4.69, 9.17) is 4.74 Å². The van der Waals surface area contributed by atoms with Gasteiger partial charge in [-0.1, -0.05) is 0 Å². The first-order valence-corrected chi connectivity index (χ1v) is 6.91. The summed E-state index contributed by atoms with van der Waals surface area (Å²) in [5.74, 6) is -0.0898. The lowest BCUT2D eigenvalue weighted by Crippen LogP contribution is -2.08. The highest BCUT2D eigenvalue weighted by Crippen LogP contribution is 2.31. The lowest BCUT2D eigenvalue weighted by atomic mass is 10.1. The van der Waals surface area contributed by atoms with Gasteiger partial charge >= 0.3 is 6.18 Å². The molecular formula is C15H12F4N4O. The van der Waals surface area contributed by atoms with Crippen LogP contribution in [0.3, 0.4) is 0 Å². The van der Waals surface area contributed by atoms with Gasteiger partial charge in [0.1, 0.15) is 17.3 Å². The number of aryl methyl sites for hydroxylation is 1. The Bertz CT molecular complexity index is 904. The Balaban J connectivity index is 2.06. The van der Waals surface area contributed by atoms with E-state index in [0.29, 0.717) is 23.2 Å². The molecule has 0 spiro atoms. The van der Waals surface area contributed by atoms with Crippen molar-refractivity contribution in [1.82, 2.24) is 19.9 Å². The number of fused-ring (bicyclic) bond motifs is 1. The highest BCUT2D eigenvalue weighted by molar-refractivity contribution is 5.66. The fourth-order valence-electron chi connectivity index (χ4n) is 2.31. The Kier molecular flexibility index (Phi) is 3.86. The van der Waals surface area contributed by atoms with Crippen molar-refractivity contribution in [2.75, 3.05) is 7.11 Å². The third kappa shape index (κ3) is 3.01. The van der Waals surface area contributed by atoms with Crippen molar-refractivity contribution in [3.05, 3.63) is 46.7 Å². The number of H-pyrrole nitrogens is 1. The van der Waals surface area contributed by atoms with E-state index in [9.17, 15) is 17.6 Å². The number of imidazole rings is 1. The van der Waals surface area contributed by atoms with Crippen LogP contribution in [0.1, 0.15) is 22.6 Å². The van der Waals surface area contributed by atoms with Gasteiger partial charge in [0.05, 0.1) is 12.7 Å². The zero-order chi connectivity index (χ0) is 17.5. The SMILES string of the molecule is COc1nc2nc(C)[nH]c2nc1Cc1cc(C(F)(F)F)ccc1F. The molecule has 0 saturated carbocycles. The minimum absolute atomic E-state index is 0.0887. The predicted octanol–water partition coefficient (Wildman–Crippen LogP) is 3.42. The summed E-state index contributed by atoms with van der Waals surface area (Å²) in [6.07, 6.45) is -4.75. The molecule has 5 nitrogen and oxygen atoms in total. The van der Waals surface area contributed by atoms with Crippen LogP contribution < -0.4 is 4.74 Å². The van der Waals surface area contributed by atoms with Crippen molar-refractivity contribution in [2.45, 2.75) is 19.5 Å². The molecule has 3 aromatic rings. The van der Waals surface area contributed by atoms with E-state index in [2.05, 4.69) is 19.9 Å². The summed E-state index contributed by atoms with van der Waals surface area (Å²) in [5.41, 5.74) is -0.183. The topological polar surface area (TPSA) is 63.7 Å². The van der Waals surface area contributed by atoms with Crippen molar-refractivity contribution in [3.8, 4) is 5.88 Å². The number of nitrogens with one attached hydrogen (secondary N) is 1. The molecular weight excluding hydrogens is 328 g/mol. The zero-order valence-electron chi connectivity index (χ0n) is 12.7. The molecule has 0 saturated heterocycles. The summed E-state index contributed by atoms with van der Waals surface area (Å²) in [7, 11) is 1.35. The van der Waals surface area contributed by atoms with Crippen LogP contribution in [0.2, 0.25) is 0 Å². The number of aromatic amines is 1. The maximum Gasteiger partial charge on any atom is 0.416 e. The summed E-state index contributed by atoms with van der Waals surface area (Å²) in [6, 6.07) is 2.25. The molecule has 1 N–H and O–H groups in total. The molecule has 9 heteroatoms. The van der Waals surface area contributed by atoms with Crippen LogP contribution >= 0.6 is 0 Å². The first kappa shape index (κ1) is 16.2. The summed E-state index contributed by atoms with van der Waals surface area (Å²) >= 11 is 0. The summed E-state index contributed by atoms with van der Waals surface area (Å²) in [6.45, 7) is 1.71. The van der Waals surface area contributed by atoms with E-state index < -0.39 is 17.6 Å². The Morgan fingerprint density at radius 2 is 1.92 bits per heavy atom. The molecule has 2 heterocycles. The van der Waals surface area contributed by atoms with Gasteiger partial charge in [-0.3, -0.25) is 0 Å². The molecule has 126 valence electrons. The lowest BCUT2D eigenvalue weighted by Gasteiger charge is -2.11. The van der Waals surface area contributed by atoms with Gasteiger partial charge in [-0.25, -0.2) is 14.4 Å². The van der Waals surface area contributed by atoms with Crippen molar-refractivity contribution in [2.24, 2.45) is 0 Å². The molecule has 1 aromatic carbocycles. The second-order valence-electron chi connectivity index (χ2n) is 5.15. The van der Waals surface area contributed by atoms with Gasteiger partial charge < -0.3 is 9.72 Å². The molecule has 0 bridgehead atoms. The number of nitrogens with zero attached hydrogens (tertiary/aromatic N) is 3. The van der Waals surface area contributed by atoms with Gasteiger partial charge in [0.25, 0.3) is 0 Å². The molecule has 0 unspecified atom stereocenters. The van der Waals surface area contributed by atoms with Gasteiger partial charge in [-0.15, -0.1) is 0 Å². The highest BCUT2D eigenvalue weighted by Gasteiger charge is 2.31. The fourth-order valence-corrected chi connectivity index (χ4v) is 2.31. The molecule has 0 fully saturated rings. The van der Waals surface area contributed by atoms with E-state index >= 15 is 0 Å². The molecule has 0 aliphatic rings. The second-order valence-corrected chi connectivity index (χ2v) is 5.15. The van der Waals surface area contributed by atoms with Gasteiger partial charge in [-0.2, -0.15) is 18.2 Å². The summed E-state index contributed by atoms with van der Waals surface area (Å²) in [4.78, 5) is 15.4. The van der Waals surface area contributed by atoms with Gasteiger partial charge in [0.15, 0.2) is 5.65 Å². The van der Waals surface area contributed by atoms with Crippen LogP contribution in [0.15, 0.2) is 18.2 Å². The van der Waals surface area contributed by atoms with E-state index in [-0.39, 0.29) is 23.6 Å². The van der Waals surface area contributed by atoms with E-state index in [1.54, 1.807) is 6.92 Å². The fraction of sp³-hybridized carbons (Fsp3) is 0.267. The largest absolute Gasteiger partial charge is 0.480 e. The molecule has 0 atom stereocenters. The number of benzene rings is 1. The Labute approximate surface area is 133 Å². The zero-order valence-corrected chi connectivity index (χ0v) is 12.7. The molecule has 0 aliphatic carbocycles. The Morgan fingerprint density at radius 3 is 2.58 bits per heavy atom. The number of alkyl halides is 3. The quantitative estimate of drug-likeness (QED) is 0.742. The van der Waals surface area contributed by atoms with Crippen LogP contribution in [0.4, 0.5) is 17.6 Å². The van der Waals surface area contributed by atoms with Crippen molar-refractivity contribution < 1.29 is 22.3 Å². The molecule has 3 rings (SSSR count). The number of halogens is 4. The number of rotatable bonds is 3. The smallest absolute Gasteiger partial charge is 0.416 e. The number of hydrogen-bond acceptors (Lipinski definition) is 4. The van der Waals surface area contributed by atoms with Crippen LogP contribution in [0, 0.1) is 12.7 Å². The molecule has 2 aromatic heterocycles. The first-order valence-electron chi connectivity index (χ1n) is 6.91. The Hall–Kier alpha value is -2.71. The summed E-state index contributed by atoms with van der Waals surface area (Å²) < 4.78 is 57.4. The number of aromatic nitrogens is 4. The van der Waals surface area contributed by atoms with Gasteiger partial charge in [-0.05, 0) is 30.7 Å². The summed E-state index contributed by atoms with van der Waals surface area (Å²) in [5, 5.41) is 0. The van der Waals surface area contributed by atoms with Crippen LogP contribution in [-0.4, -0.2) is 27.0 Å². The molecule has 0 amide bonds. The van der Waals surface area contributed by atoms with Crippen LogP contribution in [-0.2, 0) is 12.6 Å². The van der Waals surface area contributed by atoms with Crippen LogP contribution in [0.25, 0.3) is 11.3 Å². The van der Waals surface area contributed by atoms with Crippen LogP contribution in [0.5, 0.6) is 5.88 Å². The second kappa shape index (κ2) is 5.73. The molecule has 24 heavy (non-hydrogen) atoms. The van der Waals surface area contributed by atoms with E-state index in [1.807, 2.05) is 0 Å². The molecule has 0 aliphatic heterocycles. The first-order chi connectivity index (χ1) is 11.3. The van der Waals surface area contributed by atoms with E-state index in [1.165, 1.54) is 7.11 Å². The van der Waals surface area contributed by atoms with Gasteiger partial charge in [0.2, 0.25) is 11.5 Å². The average molecular weight is 340 g/mol. The number of methoxy groups -OCH3 is 1. The Morgan fingerprint density at radius 1 is 1.17 bits per heavy atom. The normalized spacial score (nSPS) is 11.9. The standard InChI is InChI=1S/C15H12F4N4O/c1-7-20-12-13(21-7)23-14(24-2)11(22-12)6-8-5-9(15(17,18)19)3-4-10(8)16/h3-5H,6H2,1-2H3,(H,20,21,22,23). The highest BCUT2D eigenvalue weighted by atomic mass is 19.4. The van der Waals surface area contributed by atoms with Crippen molar-refractivity contribution in [1.29, 1.82) is 0 Å². The monoisotopic (exact) mass is 340 g/mol. The van der Waals surface area contributed by atoms with Crippen molar-refractivity contribution >= 4 is 11.3 Å². The third-order valence-electron chi connectivity index (χ3n) is 3.41. The van der Waals surface area contributed by atoms with Crippen molar-refractivity contribution in [3.63, 3.8) is 0 Å². The maximum absolute atomic E-state index is 13.9.